The van der Waals surface area contributed by atoms with Crippen LogP contribution in [0, 0.1) is 18.6 Å². The van der Waals surface area contributed by atoms with E-state index in [0.29, 0.717) is 11.4 Å². The fraction of sp³-hybridized carbons (Fsp3) is 0.238. The summed E-state index contributed by atoms with van der Waals surface area (Å²) in [6.07, 6.45) is 0. The molecule has 0 atom stereocenters. The van der Waals surface area contributed by atoms with Gasteiger partial charge >= 0.3 is 0 Å². The molecule has 2 heterocycles. The molecule has 0 unspecified atom stereocenters. The van der Waals surface area contributed by atoms with Gasteiger partial charge in [-0.2, -0.15) is 9.40 Å². The number of aryl methyl sites for hydroxylation is 1. The van der Waals surface area contributed by atoms with E-state index >= 15 is 0 Å². The molecule has 7 nitrogen and oxygen atoms in total. The zero-order valence-corrected chi connectivity index (χ0v) is 18.6. The number of hydrogen-bond donors (Lipinski definition) is 0. The van der Waals surface area contributed by atoms with Crippen LogP contribution in [0.1, 0.15) is 16.1 Å². The third-order valence-corrected chi connectivity index (χ3v) is 7.55. The Labute approximate surface area is 188 Å². The van der Waals surface area contributed by atoms with Crippen molar-refractivity contribution in [1.82, 2.24) is 19.0 Å². The number of halogens is 3. The number of carbonyl (C=O) groups is 1. The number of carbonyl (C=O) groups excluding carboxylic acids is 1. The zero-order valence-electron chi connectivity index (χ0n) is 17.0. The predicted octanol–water partition coefficient (Wildman–Crippen LogP) is 3.26. The van der Waals surface area contributed by atoms with Crippen LogP contribution in [0.5, 0.6) is 0 Å². The summed E-state index contributed by atoms with van der Waals surface area (Å²) in [5.41, 5.74) is 1.09. The van der Waals surface area contributed by atoms with Crippen LogP contribution in [-0.4, -0.2) is 59.5 Å². The summed E-state index contributed by atoms with van der Waals surface area (Å²) in [6.45, 7) is 1.91. The lowest BCUT2D eigenvalue weighted by molar-refractivity contribution is 0.0697. The Bertz CT molecular complexity index is 1270. The normalized spacial score (nSPS) is 15.2. The van der Waals surface area contributed by atoms with Crippen LogP contribution in [0.25, 0.3) is 5.69 Å². The van der Waals surface area contributed by atoms with Crippen molar-refractivity contribution in [3.63, 3.8) is 0 Å². The quantitative estimate of drug-likeness (QED) is 0.574. The van der Waals surface area contributed by atoms with Gasteiger partial charge in [0, 0.05) is 26.2 Å². The number of benzene rings is 2. The van der Waals surface area contributed by atoms with Crippen molar-refractivity contribution in [1.29, 1.82) is 0 Å². The summed E-state index contributed by atoms with van der Waals surface area (Å²) >= 11 is 6.43. The fourth-order valence-corrected chi connectivity index (χ4v) is 5.42. The molecule has 1 aromatic heterocycles. The van der Waals surface area contributed by atoms with Gasteiger partial charge in [-0.15, -0.1) is 0 Å². The van der Waals surface area contributed by atoms with Crippen molar-refractivity contribution in [2.75, 3.05) is 26.2 Å². The van der Waals surface area contributed by atoms with E-state index in [1.807, 2.05) is 0 Å². The molecule has 1 aliphatic heterocycles. The highest BCUT2D eigenvalue weighted by Crippen LogP contribution is 2.26. The molecular weight excluding hydrogens is 462 g/mol. The van der Waals surface area contributed by atoms with Gasteiger partial charge in [0.15, 0.2) is 0 Å². The van der Waals surface area contributed by atoms with E-state index in [1.165, 1.54) is 52.0 Å². The average Bonchev–Trinajstić information content (AvgIpc) is 3.08. The Balaban J connectivity index is 1.52. The van der Waals surface area contributed by atoms with Crippen LogP contribution < -0.4 is 0 Å². The number of rotatable bonds is 4. The lowest BCUT2D eigenvalue weighted by Crippen LogP contribution is -2.50. The number of amides is 1. The minimum absolute atomic E-state index is 0.0190. The highest BCUT2D eigenvalue weighted by molar-refractivity contribution is 7.89. The number of piperazine rings is 1. The molecule has 0 radical (unpaired) electrons. The Morgan fingerprint density at radius 1 is 1.00 bits per heavy atom. The summed E-state index contributed by atoms with van der Waals surface area (Å²) in [5, 5.41) is 4.38. The van der Waals surface area contributed by atoms with Gasteiger partial charge in [0.25, 0.3) is 5.91 Å². The number of aromatic nitrogens is 2. The fourth-order valence-electron chi connectivity index (χ4n) is 3.58. The molecule has 3 aromatic rings. The lowest BCUT2D eigenvalue weighted by atomic mass is 10.2. The first-order valence-corrected chi connectivity index (χ1v) is 11.6. The van der Waals surface area contributed by atoms with Crippen molar-refractivity contribution in [2.24, 2.45) is 0 Å². The Morgan fingerprint density at radius 3 is 2.25 bits per heavy atom. The lowest BCUT2D eigenvalue weighted by Gasteiger charge is -2.34. The van der Waals surface area contributed by atoms with Gasteiger partial charge in [0.1, 0.15) is 21.7 Å². The van der Waals surface area contributed by atoms with E-state index in [1.54, 1.807) is 6.92 Å². The summed E-state index contributed by atoms with van der Waals surface area (Å²) in [5.74, 6) is -1.61. The van der Waals surface area contributed by atoms with Gasteiger partial charge in [-0.05, 0) is 43.3 Å². The molecule has 4 rings (SSSR count). The van der Waals surface area contributed by atoms with E-state index < -0.39 is 21.7 Å². The van der Waals surface area contributed by atoms with Crippen LogP contribution in [-0.2, 0) is 10.0 Å². The van der Waals surface area contributed by atoms with Crippen molar-refractivity contribution >= 4 is 27.5 Å². The Hall–Kier alpha value is -2.82. The van der Waals surface area contributed by atoms with E-state index in [4.69, 9.17) is 11.6 Å². The van der Waals surface area contributed by atoms with Crippen molar-refractivity contribution in [3.05, 3.63) is 76.6 Å². The molecule has 2 aromatic carbocycles. The standard InChI is InChI=1S/C21H19ClF2N4O3S/c1-14-19(20(22)28(25-14)16-8-6-15(23)7-9-16)21(29)26-10-12-27(13-11-26)32(30,31)18-5-3-2-4-17(18)24/h2-9H,10-13H2,1H3. The second kappa shape index (κ2) is 8.61. The van der Waals surface area contributed by atoms with Crippen LogP contribution in [0.2, 0.25) is 5.15 Å². The minimum Gasteiger partial charge on any atom is -0.336 e. The molecule has 11 heteroatoms. The molecule has 0 aliphatic carbocycles. The molecule has 1 aliphatic rings. The highest BCUT2D eigenvalue weighted by atomic mass is 35.5. The molecule has 1 fully saturated rings. The smallest absolute Gasteiger partial charge is 0.259 e. The summed E-state index contributed by atoms with van der Waals surface area (Å²) in [7, 11) is -4.01. The summed E-state index contributed by atoms with van der Waals surface area (Å²) in [4.78, 5) is 14.2. The van der Waals surface area contributed by atoms with Crippen LogP contribution in [0.15, 0.2) is 53.4 Å². The van der Waals surface area contributed by atoms with Gasteiger partial charge in [-0.25, -0.2) is 21.9 Å². The summed E-state index contributed by atoms with van der Waals surface area (Å²) in [6, 6.07) is 10.7. The van der Waals surface area contributed by atoms with Crippen molar-refractivity contribution < 1.29 is 22.0 Å². The Morgan fingerprint density at radius 2 is 1.62 bits per heavy atom. The minimum atomic E-state index is -4.01. The van der Waals surface area contributed by atoms with Crippen LogP contribution in [0.3, 0.4) is 0 Å². The third-order valence-electron chi connectivity index (χ3n) is 5.27. The third kappa shape index (κ3) is 4.01. The summed E-state index contributed by atoms with van der Waals surface area (Å²) < 4.78 is 55.3. The van der Waals surface area contributed by atoms with Gasteiger partial charge in [0.05, 0.1) is 16.9 Å². The maximum atomic E-state index is 14.0. The SMILES string of the molecule is Cc1nn(-c2ccc(F)cc2)c(Cl)c1C(=O)N1CCN(S(=O)(=O)c2ccccc2F)CC1. The topological polar surface area (TPSA) is 75.5 Å². The molecule has 1 amide bonds. The number of hydrogen-bond acceptors (Lipinski definition) is 4. The number of sulfonamides is 1. The van der Waals surface area contributed by atoms with E-state index in [2.05, 4.69) is 5.10 Å². The Kier molecular flexibility index (Phi) is 6.02. The molecule has 0 bridgehead atoms. The van der Waals surface area contributed by atoms with Gasteiger partial charge in [-0.3, -0.25) is 4.79 Å². The van der Waals surface area contributed by atoms with Gasteiger partial charge < -0.3 is 4.90 Å². The largest absolute Gasteiger partial charge is 0.336 e. The molecular formula is C21H19ClF2N4O3S. The van der Waals surface area contributed by atoms with E-state index in [9.17, 15) is 22.0 Å². The van der Waals surface area contributed by atoms with E-state index in [0.717, 1.165) is 10.4 Å². The first kappa shape index (κ1) is 22.4. The van der Waals surface area contributed by atoms with Crippen molar-refractivity contribution in [3.8, 4) is 5.69 Å². The zero-order chi connectivity index (χ0) is 23.0. The monoisotopic (exact) mass is 480 g/mol. The molecule has 168 valence electrons. The van der Waals surface area contributed by atoms with Crippen molar-refractivity contribution in [2.45, 2.75) is 11.8 Å². The van der Waals surface area contributed by atoms with Gasteiger partial charge in [0.2, 0.25) is 10.0 Å². The van der Waals surface area contributed by atoms with Gasteiger partial charge in [-0.1, -0.05) is 23.7 Å². The maximum Gasteiger partial charge on any atom is 0.259 e. The second-order valence-corrected chi connectivity index (χ2v) is 9.53. The van der Waals surface area contributed by atoms with Crippen LogP contribution >= 0.6 is 11.6 Å². The molecule has 1 saturated heterocycles. The molecule has 32 heavy (non-hydrogen) atoms. The first-order chi connectivity index (χ1) is 15.2. The maximum absolute atomic E-state index is 14.0. The van der Waals surface area contributed by atoms with E-state index in [-0.39, 0.29) is 47.7 Å². The first-order valence-electron chi connectivity index (χ1n) is 9.75. The average molecular weight is 481 g/mol. The molecule has 0 N–H and O–H groups in total. The second-order valence-electron chi connectivity index (χ2n) is 7.27. The predicted molar refractivity (Wildman–Crippen MR) is 114 cm³/mol. The molecule has 0 spiro atoms. The number of nitrogens with zero attached hydrogens (tertiary/aromatic N) is 4. The van der Waals surface area contributed by atoms with Crippen LogP contribution in [0.4, 0.5) is 8.78 Å². The highest BCUT2D eigenvalue weighted by Gasteiger charge is 2.33. The molecule has 0 saturated carbocycles.